The van der Waals surface area contributed by atoms with E-state index in [0.717, 1.165) is 12.2 Å². The molecule has 0 atom stereocenters. The molecular weight excluding hydrogens is 198 g/mol. The van der Waals surface area contributed by atoms with Crippen LogP contribution in [0.3, 0.4) is 0 Å². The van der Waals surface area contributed by atoms with Crippen LogP contribution < -0.4 is 5.32 Å². The van der Waals surface area contributed by atoms with Crippen molar-refractivity contribution in [1.29, 1.82) is 0 Å². The summed E-state index contributed by atoms with van der Waals surface area (Å²) < 4.78 is 1.87. The summed E-state index contributed by atoms with van der Waals surface area (Å²) in [6, 6.07) is 8.41. The molecule has 0 fully saturated rings. The van der Waals surface area contributed by atoms with Crippen molar-refractivity contribution < 1.29 is 0 Å². The van der Waals surface area contributed by atoms with Crippen molar-refractivity contribution >= 4 is 0 Å². The van der Waals surface area contributed by atoms with Crippen LogP contribution in [0.4, 0.5) is 0 Å². The minimum Gasteiger partial charge on any atom is -0.314 e. The Hall–Kier alpha value is -1.61. The number of benzene rings is 1. The van der Waals surface area contributed by atoms with Crippen molar-refractivity contribution in [3.63, 3.8) is 0 Å². The molecule has 2 aromatic rings. The van der Waals surface area contributed by atoms with Crippen LogP contribution >= 0.6 is 0 Å². The second-order valence-corrected chi connectivity index (χ2v) is 4.01. The van der Waals surface area contributed by atoms with Crippen molar-refractivity contribution in [3.05, 3.63) is 41.7 Å². The standard InChI is InChI=1S/C13H17N3/c1-10-6-4-5-7-11(10)12-9-16(3)15-13(12)8-14-2/h4-7,9,14H,8H2,1-3H3. The molecule has 1 aromatic carbocycles. The number of nitrogens with zero attached hydrogens (tertiary/aromatic N) is 2. The molecule has 1 aromatic heterocycles. The predicted octanol–water partition coefficient (Wildman–Crippen LogP) is 2.11. The summed E-state index contributed by atoms with van der Waals surface area (Å²) >= 11 is 0. The first-order valence-corrected chi connectivity index (χ1v) is 5.45. The monoisotopic (exact) mass is 215 g/mol. The van der Waals surface area contributed by atoms with Gasteiger partial charge in [0.05, 0.1) is 5.69 Å². The molecule has 0 unspecified atom stereocenters. The van der Waals surface area contributed by atoms with Gasteiger partial charge in [0.15, 0.2) is 0 Å². The van der Waals surface area contributed by atoms with Gasteiger partial charge < -0.3 is 5.32 Å². The molecule has 84 valence electrons. The molecule has 3 nitrogen and oxygen atoms in total. The first-order chi connectivity index (χ1) is 7.72. The topological polar surface area (TPSA) is 29.9 Å². The summed E-state index contributed by atoms with van der Waals surface area (Å²) in [5.74, 6) is 0. The van der Waals surface area contributed by atoms with E-state index in [1.807, 2.05) is 18.8 Å². The second-order valence-electron chi connectivity index (χ2n) is 4.01. The largest absolute Gasteiger partial charge is 0.314 e. The highest BCUT2D eigenvalue weighted by molar-refractivity contribution is 5.68. The van der Waals surface area contributed by atoms with Crippen LogP contribution in [0.15, 0.2) is 30.5 Å². The summed E-state index contributed by atoms with van der Waals surface area (Å²) in [5, 5.41) is 7.62. The molecule has 1 heterocycles. The number of nitrogens with one attached hydrogen (secondary N) is 1. The molecule has 0 spiro atoms. The van der Waals surface area contributed by atoms with Crippen molar-refractivity contribution in [2.75, 3.05) is 7.05 Å². The van der Waals surface area contributed by atoms with E-state index in [1.165, 1.54) is 16.7 Å². The highest BCUT2D eigenvalue weighted by atomic mass is 15.3. The van der Waals surface area contributed by atoms with Crippen LogP contribution in [0, 0.1) is 6.92 Å². The van der Waals surface area contributed by atoms with E-state index in [-0.39, 0.29) is 0 Å². The number of hydrogen-bond acceptors (Lipinski definition) is 2. The normalized spacial score (nSPS) is 10.7. The van der Waals surface area contributed by atoms with Gasteiger partial charge in [-0.3, -0.25) is 4.68 Å². The zero-order chi connectivity index (χ0) is 11.5. The van der Waals surface area contributed by atoms with Crippen molar-refractivity contribution in [2.24, 2.45) is 7.05 Å². The third kappa shape index (κ3) is 1.99. The van der Waals surface area contributed by atoms with E-state index >= 15 is 0 Å². The fourth-order valence-electron chi connectivity index (χ4n) is 1.93. The summed E-state index contributed by atoms with van der Waals surface area (Å²) in [7, 11) is 3.90. The lowest BCUT2D eigenvalue weighted by Gasteiger charge is -2.05. The second kappa shape index (κ2) is 4.49. The predicted molar refractivity (Wildman–Crippen MR) is 66.1 cm³/mol. The Kier molecular flexibility index (Phi) is 3.06. The Bertz CT molecular complexity index is 486. The van der Waals surface area contributed by atoms with E-state index in [2.05, 4.69) is 47.8 Å². The number of aryl methyl sites for hydroxylation is 2. The van der Waals surface area contributed by atoms with Gasteiger partial charge in [0, 0.05) is 25.4 Å². The number of aromatic nitrogens is 2. The van der Waals surface area contributed by atoms with Gasteiger partial charge in [0.1, 0.15) is 0 Å². The average Bonchev–Trinajstić information content (AvgIpc) is 2.61. The van der Waals surface area contributed by atoms with Crippen molar-refractivity contribution in [2.45, 2.75) is 13.5 Å². The van der Waals surface area contributed by atoms with Gasteiger partial charge in [-0.1, -0.05) is 24.3 Å². The molecule has 0 saturated heterocycles. The van der Waals surface area contributed by atoms with E-state index in [0.29, 0.717) is 0 Å². The lowest BCUT2D eigenvalue weighted by Crippen LogP contribution is -2.07. The van der Waals surface area contributed by atoms with Gasteiger partial charge in [-0.2, -0.15) is 5.10 Å². The van der Waals surface area contributed by atoms with E-state index in [9.17, 15) is 0 Å². The van der Waals surface area contributed by atoms with Gasteiger partial charge in [-0.25, -0.2) is 0 Å². The van der Waals surface area contributed by atoms with Crippen LogP contribution in [0.25, 0.3) is 11.1 Å². The van der Waals surface area contributed by atoms with Crippen LogP contribution in [0.2, 0.25) is 0 Å². The quantitative estimate of drug-likeness (QED) is 0.850. The summed E-state index contributed by atoms with van der Waals surface area (Å²) in [6.07, 6.45) is 2.08. The fourth-order valence-corrected chi connectivity index (χ4v) is 1.93. The summed E-state index contributed by atoms with van der Waals surface area (Å²) in [5.41, 5.74) is 4.86. The third-order valence-corrected chi connectivity index (χ3v) is 2.68. The Morgan fingerprint density at radius 1 is 1.25 bits per heavy atom. The Labute approximate surface area is 96.1 Å². The van der Waals surface area contributed by atoms with Crippen LogP contribution in [-0.2, 0) is 13.6 Å². The molecule has 0 bridgehead atoms. The molecule has 1 N–H and O–H groups in total. The Morgan fingerprint density at radius 2 is 2.00 bits per heavy atom. The fraction of sp³-hybridized carbons (Fsp3) is 0.308. The smallest absolute Gasteiger partial charge is 0.0840 e. The highest BCUT2D eigenvalue weighted by Crippen LogP contribution is 2.25. The van der Waals surface area contributed by atoms with Crippen LogP contribution in [0.1, 0.15) is 11.3 Å². The maximum Gasteiger partial charge on any atom is 0.0840 e. The van der Waals surface area contributed by atoms with Gasteiger partial charge in [0.25, 0.3) is 0 Å². The molecule has 0 amide bonds. The summed E-state index contributed by atoms with van der Waals surface area (Å²) in [6.45, 7) is 2.93. The maximum absolute atomic E-state index is 4.47. The van der Waals surface area contributed by atoms with Gasteiger partial charge in [0.2, 0.25) is 0 Å². The molecule has 0 aliphatic carbocycles. The first kappa shape index (κ1) is 10.9. The van der Waals surface area contributed by atoms with Gasteiger partial charge in [-0.15, -0.1) is 0 Å². The van der Waals surface area contributed by atoms with E-state index in [4.69, 9.17) is 0 Å². The Balaban J connectivity index is 2.51. The average molecular weight is 215 g/mol. The minimum absolute atomic E-state index is 0.796. The lowest BCUT2D eigenvalue weighted by atomic mass is 10.0. The van der Waals surface area contributed by atoms with Crippen LogP contribution in [0.5, 0.6) is 0 Å². The number of hydrogen-bond donors (Lipinski definition) is 1. The van der Waals surface area contributed by atoms with Gasteiger partial charge in [-0.05, 0) is 25.1 Å². The zero-order valence-electron chi connectivity index (χ0n) is 9.99. The molecular formula is C13H17N3. The van der Waals surface area contributed by atoms with Crippen molar-refractivity contribution in [3.8, 4) is 11.1 Å². The Morgan fingerprint density at radius 3 is 2.69 bits per heavy atom. The molecule has 0 aliphatic heterocycles. The van der Waals surface area contributed by atoms with E-state index in [1.54, 1.807) is 0 Å². The molecule has 0 saturated carbocycles. The SMILES string of the molecule is CNCc1nn(C)cc1-c1ccccc1C. The first-order valence-electron chi connectivity index (χ1n) is 5.45. The van der Waals surface area contributed by atoms with Crippen LogP contribution in [-0.4, -0.2) is 16.8 Å². The van der Waals surface area contributed by atoms with Crippen molar-refractivity contribution in [1.82, 2.24) is 15.1 Å². The molecule has 3 heteroatoms. The molecule has 0 aliphatic rings. The number of rotatable bonds is 3. The maximum atomic E-state index is 4.47. The van der Waals surface area contributed by atoms with Gasteiger partial charge >= 0.3 is 0 Å². The molecule has 16 heavy (non-hydrogen) atoms. The third-order valence-electron chi connectivity index (χ3n) is 2.68. The minimum atomic E-state index is 0.796. The molecule has 0 radical (unpaired) electrons. The lowest BCUT2D eigenvalue weighted by molar-refractivity contribution is 0.712. The molecule has 2 rings (SSSR count). The highest BCUT2D eigenvalue weighted by Gasteiger charge is 2.10. The summed E-state index contributed by atoms with van der Waals surface area (Å²) in [4.78, 5) is 0. The van der Waals surface area contributed by atoms with E-state index < -0.39 is 0 Å². The zero-order valence-corrected chi connectivity index (χ0v) is 9.99.